The number of benzene rings is 1. The number of nitrogens with one attached hydrogen (secondary N) is 1. The number of halogens is 2. The Morgan fingerprint density at radius 1 is 1.35 bits per heavy atom. The minimum absolute atomic E-state index is 0.237. The normalized spacial score (nSPS) is 24.0. The molecule has 3 atom stereocenters. The molecule has 3 N–H and O–H groups in total. The summed E-state index contributed by atoms with van der Waals surface area (Å²) in [5.74, 6) is 1.20. The number of nitrogens with two attached hydrogens (primary N) is 1. The van der Waals surface area contributed by atoms with Gasteiger partial charge in [0.25, 0.3) is 0 Å². The Hall–Kier alpha value is -0.0900. The molecule has 1 aromatic rings. The number of rotatable bonds is 5. The highest BCUT2D eigenvalue weighted by Gasteiger charge is 2.25. The van der Waals surface area contributed by atoms with E-state index in [0.29, 0.717) is 21.8 Å². The third kappa shape index (κ3) is 3.97. The van der Waals surface area contributed by atoms with Crippen LogP contribution in [0.25, 0.3) is 0 Å². The zero-order chi connectivity index (χ0) is 14.7. The molecule has 0 aliphatic heterocycles. The number of hydrogen-bond donors (Lipinski definition) is 2. The first-order valence-electron chi connectivity index (χ1n) is 7.13. The van der Waals surface area contributed by atoms with Crippen LogP contribution in [0.2, 0.25) is 10.0 Å². The van der Waals surface area contributed by atoms with E-state index in [1.165, 1.54) is 25.0 Å². The lowest BCUT2D eigenvalue weighted by atomic mass is 10.1. The van der Waals surface area contributed by atoms with Crippen molar-refractivity contribution in [3.8, 4) is 0 Å². The van der Waals surface area contributed by atoms with Crippen LogP contribution >= 0.6 is 35.0 Å². The van der Waals surface area contributed by atoms with Crippen molar-refractivity contribution < 1.29 is 0 Å². The van der Waals surface area contributed by atoms with Crippen molar-refractivity contribution in [3.63, 3.8) is 0 Å². The van der Waals surface area contributed by atoms with Gasteiger partial charge in [0.2, 0.25) is 0 Å². The molecule has 0 unspecified atom stereocenters. The van der Waals surface area contributed by atoms with Crippen molar-refractivity contribution in [1.82, 2.24) is 5.32 Å². The van der Waals surface area contributed by atoms with Gasteiger partial charge >= 0.3 is 0 Å². The number of anilines is 1. The number of thioether (sulfide) groups is 1. The number of hydrogen-bond acceptors (Lipinski definition) is 3. The fraction of sp³-hybridized carbons (Fsp3) is 0.600. The lowest BCUT2D eigenvalue weighted by Crippen LogP contribution is -2.29. The van der Waals surface area contributed by atoms with E-state index in [0.717, 1.165) is 10.8 Å². The van der Waals surface area contributed by atoms with E-state index in [1.807, 2.05) is 12.1 Å². The molecule has 20 heavy (non-hydrogen) atoms. The SMILES string of the molecule is CCS[C@@H]1CC[C@@H](N[C@@H](C)c2cc(Cl)c(N)c(Cl)c2)C1. The maximum atomic E-state index is 6.10. The van der Waals surface area contributed by atoms with E-state index < -0.39 is 0 Å². The van der Waals surface area contributed by atoms with Crippen molar-refractivity contribution in [1.29, 1.82) is 0 Å². The molecule has 0 bridgehead atoms. The van der Waals surface area contributed by atoms with E-state index in [2.05, 4.69) is 30.9 Å². The maximum absolute atomic E-state index is 6.10. The highest BCUT2D eigenvalue weighted by molar-refractivity contribution is 7.99. The summed E-state index contributed by atoms with van der Waals surface area (Å²) in [7, 11) is 0. The lowest BCUT2D eigenvalue weighted by molar-refractivity contribution is 0.462. The molecule has 1 aliphatic rings. The average molecular weight is 333 g/mol. The van der Waals surface area contributed by atoms with Gasteiger partial charge in [-0.3, -0.25) is 0 Å². The fourth-order valence-electron chi connectivity index (χ4n) is 2.78. The third-order valence-corrected chi connectivity index (χ3v) is 5.73. The standard InChI is InChI=1S/C15H22Cl2N2S/c1-3-20-12-5-4-11(8-12)19-9(2)10-6-13(16)15(18)14(17)7-10/h6-7,9,11-12,19H,3-5,8,18H2,1-2H3/t9-,11+,12+/m0/s1. The highest BCUT2D eigenvalue weighted by atomic mass is 35.5. The monoisotopic (exact) mass is 332 g/mol. The van der Waals surface area contributed by atoms with Crippen LogP contribution < -0.4 is 11.1 Å². The Morgan fingerprint density at radius 2 is 2.00 bits per heavy atom. The molecule has 1 aromatic carbocycles. The van der Waals surface area contributed by atoms with Crippen LogP contribution in [0.1, 0.15) is 44.7 Å². The Balaban J connectivity index is 1.97. The van der Waals surface area contributed by atoms with E-state index in [9.17, 15) is 0 Å². The van der Waals surface area contributed by atoms with Gasteiger partial charge in [0.1, 0.15) is 0 Å². The van der Waals surface area contributed by atoms with Gasteiger partial charge in [0, 0.05) is 17.3 Å². The van der Waals surface area contributed by atoms with Crippen LogP contribution in [-0.4, -0.2) is 17.0 Å². The number of nitrogen functional groups attached to an aromatic ring is 1. The molecular formula is C15H22Cl2N2S. The summed E-state index contributed by atoms with van der Waals surface area (Å²) >= 11 is 14.3. The highest BCUT2D eigenvalue weighted by Crippen LogP contribution is 2.33. The van der Waals surface area contributed by atoms with E-state index in [-0.39, 0.29) is 6.04 Å². The van der Waals surface area contributed by atoms with Gasteiger partial charge in [-0.2, -0.15) is 11.8 Å². The van der Waals surface area contributed by atoms with Crippen LogP contribution in [0.15, 0.2) is 12.1 Å². The van der Waals surface area contributed by atoms with Gasteiger partial charge in [-0.25, -0.2) is 0 Å². The minimum Gasteiger partial charge on any atom is -0.396 e. The lowest BCUT2D eigenvalue weighted by Gasteiger charge is -2.21. The third-order valence-electron chi connectivity index (χ3n) is 3.87. The molecule has 0 spiro atoms. The predicted molar refractivity (Wildman–Crippen MR) is 92.0 cm³/mol. The molecule has 2 rings (SSSR count). The van der Waals surface area contributed by atoms with Crippen LogP contribution in [-0.2, 0) is 0 Å². The minimum atomic E-state index is 0.237. The molecule has 5 heteroatoms. The van der Waals surface area contributed by atoms with Gasteiger partial charge in [0.15, 0.2) is 0 Å². The average Bonchev–Trinajstić information content (AvgIpc) is 2.83. The molecule has 0 saturated heterocycles. The smallest absolute Gasteiger partial charge is 0.0693 e. The Bertz CT molecular complexity index is 444. The van der Waals surface area contributed by atoms with E-state index in [4.69, 9.17) is 28.9 Å². The fourth-order valence-corrected chi connectivity index (χ4v) is 4.43. The summed E-state index contributed by atoms with van der Waals surface area (Å²) in [4.78, 5) is 0. The molecule has 1 fully saturated rings. The summed E-state index contributed by atoms with van der Waals surface area (Å²) in [6.45, 7) is 4.38. The van der Waals surface area contributed by atoms with Crippen molar-refractivity contribution in [2.24, 2.45) is 0 Å². The molecule has 1 saturated carbocycles. The summed E-state index contributed by atoms with van der Waals surface area (Å²) in [6.07, 6.45) is 3.81. The van der Waals surface area contributed by atoms with Gasteiger partial charge in [-0.15, -0.1) is 0 Å². The summed E-state index contributed by atoms with van der Waals surface area (Å²) in [5, 5.41) is 5.56. The first-order valence-corrected chi connectivity index (χ1v) is 8.93. The van der Waals surface area contributed by atoms with Crippen LogP contribution in [0, 0.1) is 0 Å². The van der Waals surface area contributed by atoms with Gasteiger partial charge in [-0.05, 0) is 49.6 Å². The van der Waals surface area contributed by atoms with Gasteiger partial charge < -0.3 is 11.1 Å². The van der Waals surface area contributed by atoms with Crippen LogP contribution in [0.4, 0.5) is 5.69 Å². The Morgan fingerprint density at radius 3 is 2.60 bits per heavy atom. The molecule has 0 radical (unpaired) electrons. The Labute approximate surface area is 135 Å². The molecular weight excluding hydrogens is 311 g/mol. The predicted octanol–water partition coefficient (Wildman–Crippen LogP) is 4.90. The van der Waals surface area contributed by atoms with Crippen molar-refractivity contribution in [3.05, 3.63) is 27.7 Å². The molecule has 0 aromatic heterocycles. The van der Waals surface area contributed by atoms with Crippen LogP contribution in [0.5, 0.6) is 0 Å². The quantitative estimate of drug-likeness (QED) is 0.753. The zero-order valence-electron chi connectivity index (χ0n) is 12.0. The Kier molecular flexibility index (Phi) is 5.91. The first kappa shape index (κ1) is 16.3. The van der Waals surface area contributed by atoms with Crippen molar-refractivity contribution >= 4 is 40.7 Å². The second-order valence-corrected chi connectivity index (χ2v) is 7.77. The van der Waals surface area contributed by atoms with Gasteiger partial charge in [-0.1, -0.05) is 30.1 Å². The zero-order valence-corrected chi connectivity index (χ0v) is 14.3. The van der Waals surface area contributed by atoms with Gasteiger partial charge in [0.05, 0.1) is 15.7 Å². The first-order chi connectivity index (χ1) is 9.51. The van der Waals surface area contributed by atoms with Crippen LogP contribution in [0.3, 0.4) is 0 Å². The van der Waals surface area contributed by atoms with E-state index >= 15 is 0 Å². The molecule has 2 nitrogen and oxygen atoms in total. The summed E-state index contributed by atoms with van der Waals surface area (Å²) in [6, 6.07) is 4.64. The summed E-state index contributed by atoms with van der Waals surface area (Å²) < 4.78 is 0. The topological polar surface area (TPSA) is 38.0 Å². The largest absolute Gasteiger partial charge is 0.396 e. The molecule has 0 amide bonds. The second-order valence-electron chi connectivity index (χ2n) is 5.37. The molecule has 0 heterocycles. The maximum Gasteiger partial charge on any atom is 0.0693 e. The summed E-state index contributed by atoms with van der Waals surface area (Å²) in [5.41, 5.74) is 7.34. The molecule has 112 valence electrons. The second kappa shape index (κ2) is 7.26. The van der Waals surface area contributed by atoms with Crippen molar-refractivity contribution in [2.45, 2.75) is 50.4 Å². The van der Waals surface area contributed by atoms with E-state index in [1.54, 1.807) is 0 Å². The van der Waals surface area contributed by atoms with Crippen molar-refractivity contribution in [2.75, 3.05) is 11.5 Å². The molecule has 1 aliphatic carbocycles.